The number of nitrogens with one attached hydrogen (secondary N) is 1. The Kier molecular flexibility index (Phi) is 4.70. The monoisotopic (exact) mass is 187 g/mol. The average molecular weight is 187 g/mol. The summed E-state index contributed by atoms with van der Waals surface area (Å²) >= 11 is 0. The van der Waals surface area contributed by atoms with E-state index >= 15 is 0 Å². The first-order valence-electron chi connectivity index (χ1n) is 5.24. The van der Waals surface area contributed by atoms with E-state index in [9.17, 15) is 5.11 Å². The van der Waals surface area contributed by atoms with Gasteiger partial charge in [0.1, 0.15) is 0 Å². The lowest BCUT2D eigenvalue weighted by Crippen LogP contribution is -2.32. The normalized spacial score (nSPS) is 30.7. The molecule has 0 amide bonds. The van der Waals surface area contributed by atoms with Gasteiger partial charge in [-0.3, -0.25) is 0 Å². The van der Waals surface area contributed by atoms with Crippen molar-refractivity contribution in [3.05, 3.63) is 0 Å². The maximum atomic E-state index is 9.30. The van der Waals surface area contributed by atoms with Crippen molar-refractivity contribution >= 4 is 0 Å². The summed E-state index contributed by atoms with van der Waals surface area (Å²) in [5, 5.41) is 12.6. The standard InChI is InChI=1S/C10H21NO2/c1-3-10(12)7-11-6-9-4-5-13-8(9)2/h8-12H,3-7H2,1-2H3. The van der Waals surface area contributed by atoms with E-state index in [0.717, 1.165) is 26.0 Å². The molecule has 0 aromatic heterocycles. The van der Waals surface area contributed by atoms with E-state index in [0.29, 0.717) is 18.6 Å². The van der Waals surface area contributed by atoms with E-state index in [1.807, 2.05) is 6.92 Å². The average Bonchev–Trinajstić information content (AvgIpc) is 2.52. The Morgan fingerprint density at radius 3 is 2.92 bits per heavy atom. The van der Waals surface area contributed by atoms with Gasteiger partial charge < -0.3 is 15.2 Å². The highest BCUT2D eigenvalue weighted by Gasteiger charge is 2.23. The Hall–Kier alpha value is -0.120. The SMILES string of the molecule is CCC(O)CNCC1CCOC1C. The molecule has 13 heavy (non-hydrogen) atoms. The molecule has 2 N–H and O–H groups in total. The first kappa shape index (κ1) is 11.0. The fourth-order valence-corrected chi connectivity index (χ4v) is 1.62. The molecule has 3 heteroatoms. The molecule has 78 valence electrons. The summed E-state index contributed by atoms with van der Waals surface area (Å²) in [4.78, 5) is 0. The summed E-state index contributed by atoms with van der Waals surface area (Å²) < 4.78 is 5.45. The molecule has 0 aliphatic carbocycles. The Balaban J connectivity index is 2.05. The van der Waals surface area contributed by atoms with Gasteiger partial charge in [0.05, 0.1) is 12.2 Å². The van der Waals surface area contributed by atoms with E-state index in [1.54, 1.807) is 0 Å². The molecule has 3 nitrogen and oxygen atoms in total. The molecular weight excluding hydrogens is 166 g/mol. The van der Waals surface area contributed by atoms with Crippen molar-refractivity contribution in [2.24, 2.45) is 5.92 Å². The van der Waals surface area contributed by atoms with Crippen LogP contribution in [0.4, 0.5) is 0 Å². The van der Waals surface area contributed by atoms with E-state index in [4.69, 9.17) is 4.74 Å². The third-order valence-electron chi connectivity index (χ3n) is 2.79. The zero-order chi connectivity index (χ0) is 9.68. The Bertz CT molecular complexity index is 141. The van der Waals surface area contributed by atoms with Crippen LogP contribution in [0, 0.1) is 5.92 Å². The second-order valence-corrected chi connectivity index (χ2v) is 3.84. The Labute approximate surface area is 80.5 Å². The molecule has 0 spiro atoms. The molecule has 0 bridgehead atoms. The molecule has 0 radical (unpaired) electrons. The zero-order valence-electron chi connectivity index (χ0n) is 8.62. The van der Waals surface area contributed by atoms with Crippen LogP contribution in [0.25, 0.3) is 0 Å². The van der Waals surface area contributed by atoms with Gasteiger partial charge in [0.25, 0.3) is 0 Å². The van der Waals surface area contributed by atoms with Crippen molar-refractivity contribution in [1.82, 2.24) is 5.32 Å². The van der Waals surface area contributed by atoms with Crippen LogP contribution >= 0.6 is 0 Å². The van der Waals surface area contributed by atoms with Gasteiger partial charge in [-0.15, -0.1) is 0 Å². The van der Waals surface area contributed by atoms with Crippen molar-refractivity contribution in [3.63, 3.8) is 0 Å². The highest BCUT2D eigenvalue weighted by atomic mass is 16.5. The summed E-state index contributed by atoms with van der Waals surface area (Å²) in [6.07, 6.45) is 2.16. The molecule has 1 aliphatic rings. The van der Waals surface area contributed by atoms with Crippen molar-refractivity contribution < 1.29 is 9.84 Å². The second kappa shape index (κ2) is 5.58. The number of rotatable bonds is 5. The van der Waals surface area contributed by atoms with Crippen LogP contribution in [0.15, 0.2) is 0 Å². The molecule has 1 saturated heterocycles. The van der Waals surface area contributed by atoms with Crippen molar-refractivity contribution in [2.45, 2.75) is 38.9 Å². The number of aliphatic hydroxyl groups excluding tert-OH is 1. The van der Waals surface area contributed by atoms with Gasteiger partial charge in [-0.25, -0.2) is 0 Å². The predicted octanol–water partition coefficient (Wildman–Crippen LogP) is 0.772. The summed E-state index contributed by atoms with van der Waals surface area (Å²) in [5.41, 5.74) is 0. The van der Waals surface area contributed by atoms with E-state index < -0.39 is 0 Å². The lowest BCUT2D eigenvalue weighted by Gasteiger charge is -2.16. The molecule has 0 aromatic carbocycles. The molecule has 3 unspecified atom stereocenters. The van der Waals surface area contributed by atoms with Crippen LogP contribution in [-0.4, -0.2) is 37.0 Å². The molecular formula is C10H21NO2. The smallest absolute Gasteiger partial charge is 0.0662 e. The molecule has 1 aliphatic heterocycles. The fraction of sp³-hybridized carbons (Fsp3) is 1.00. The van der Waals surface area contributed by atoms with Gasteiger partial charge in [0.15, 0.2) is 0 Å². The Morgan fingerprint density at radius 1 is 1.62 bits per heavy atom. The number of aliphatic hydroxyl groups is 1. The van der Waals surface area contributed by atoms with Crippen LogP contribution < -0.4 is 5.32 Å². The Morgan fingerprint density at radius 2 is 2.38 bits per heavy atom. The minimum absolute atomic E-state index is 0.197. The topological polar surface area (TPSA) is 41.5 Å². The second-order valence-electron chi connectivity index (χ2n) is 3.84. The van der Waals surface area contributed by atoms with Gasteiger partial charge in [0, 0.05) is 19.7 Å². The lowest BCUT2D eigenvalue weighted by molar-refractivity contribution is 0.103. The molecule has 1 fully saturated rings. The van der Waals surface area contributed by atoms with Crippen LogP contribution in [-0.2, 0) is 4.74 Å². The molecule has 3 atom stereocenters. The minimum Gasteiger partial charge on any atom is -0.392 e. The molecule has 1 rings (SSSR count). The summed E-state index contributed by atoms with van der Waals surface area (Å²) in [6, 6.07) is 0. The summed E-state index contributed by atoms with van der Waals surface area (Å²) in [6.45, 7) is 6.69. The zero-order valence-corrected chi connectivity index (χ0v) is 8.62. The molecule has 1 heterocycles. The number of hydrogen-bond acceptors (Lipinski definition) is 3. The van der Waals surface area contributed by atoms with E-state index in [1.165, 1.54) is 0 Å². The van der Waals surface area contributed by atoms with Crippen molar-refractivity contribution in [1.29, 1.82) is 0 Å². The van der Waals surface area contributed by atoms with Gasteiger partial charge in [0.2, 0.25) is 0 Å². The molecule has 0 aromatic rings. The third-order valence-corrected chi connectivity index (χ3v) is 2.79. The minimum atomic E-state index is -0.197. The third kappa shape index (κ3) is 3.63. The quantitative estimate of drug-likeness (QED) is 0.668. The predicted molar refractivity (Wildman–Crippen MR) is 52.7 cm³/mol. The first-order chi connectivity index (χ1) is 6.24. The highest BCUT2D eigenvalue weighted by molar-refractivity contribution is 4.74. The van der Waals surface area contributed by atoms with Crippen molar-refractivity contribution in [2.75, 3.05) is 19.7 Å². The van der Waals surface area contributed by atoms with Gasteiger partial charge >= 0.3 is 0 Å². The van der Waals surface area contributed by atoms with E-state index in [2.05, 4.69) is 12.2 Å². The maximum Gasteiger partial charge on any atom is 0.0662 e. The number of ether oxygens (including phenoxy) is 1. The molecule has 0 saturated carbocycles. The van der Waals surface area contributed by atoms with Gasteiger partial charge in [-0.2, -0.15) is 0 Å². The first-order valence-corrected chi connectivity index (χ1v) is 5.24. The van der Waals surface area contributed by atoms with E-state index in [-0.39, 0.29) is 6.10 Å². The lowest BCUT2D eigenvalue weighted by atomic mass is 10.0. The summed E-state index contributed by atoms with van der Waals surface area (Å²) in [5.74, 6) is 0.629. The fourth-order valence-electron chi connectivity index (χ4n) is 1.62. The number of hydrogen-bond donors (Lipinski definition) is 2. The van der Waals surface area contributed by atoms with Gasteiger partial charge in [-0.05, 0) is 25.7 Å². The van der Waals surface area contributed by atoms with Crippen LogP contribution in [0.3, 0.4) is 0 Å². The largest absolute Gasteiger partial charge is 0.392 e. The highest BCUT2D eigenvalue weighted by Crippen LogP contribution is 2.19. The summed E-state index contributed by atoms with van der Waals surface area (Å²) in [7, 11) is 0. The van der Waals surface area contributed by atoms with Crippen LogP contribution in [0.2, 0.25) is 0 Å². The van der Waals surface area contributed by atoms with Crippen LogP contribution in [0.1, 0.15) is 26.7 Å². The maximum absolute atomic E-state index is 9.30. The van der Waals surface area contributed by atoms with Gasteiger partial charge in [-0.1, -0.05) is 6.92 Å². The van der Waals surface area contributed by atoms with Crippen LogP contribution in [0.5, 0.6) is 0 Å². The van der Waals surface area contributed by atoms with Crippen molar-refractivity contribution in [3.8, 4) is 0 Å².